The Balaban J connectivity index is 2.16. The van der Waals surface area contributed by atoms with Crippen LogP contribution in [0.3, 0.4) is 0 Å². The average Bonchev–Trinajstić information content (AvgIpc) is 2.46. The van der Waals surface area contributed by atoms with Crippen LogP contribution >= 0.6 is 0 Å². The average molecular weight is 264 g/mol. The number of hydrogen-bond acceptors (Lipinski definition) is 4. The molecular weight excluding hydrogens is 240 g/mol. The fourth-order valence-corrected chi connectivity index (χ4v) is 1.81. The van der Waals surface area contributed by atoms with E-state index in [-0.39, 0.29) is 5.91 Å². The van der Waals surface area contributed by atoms with Crippen LogP contribution in [0.5, 0.6) is 0 Å². The Labute approximate surface area is 115 Å². The molecule has 19 heavy (non-hydrogen) atoms. The van der Waals surface area contributed by atoms with Crippen LogP contribution in [-0.2, 0) is 0 Å². The topological polar surface area (TPSA) is 80.0 Å². The lowest BCUT2D eigenvalue weighted by Gasteiger charge is -2.05. The summed E-state index contributed by atoms with van der Waals surface area (Å²) in [5.41, 5.74) is 3.58. The quantitative estimate of drug-likeness (QED) is 0.363. The lowest BCUT2D eigenvalue weighted by Crippen LogP contribution is -2.25. The highest BCUT2D eigenvalue weighted by molar-refractivity contribution is 5.92. The first-order valence-electron chi connectivity index (χ1n) is 6.98. The minimum absolute atomic E-state index is 0.128. The first-order chi connectivity index (χ1) is 9.27. The summed E-state index contributed by atoms with van der Waals surface area (Å²) >= 11 is 0. The summed E-state index contributed by atoms with van der Waals surface area (Å²) < 4.78 is 0. The Kier molecular flexibility index (Phi) is 7.58. The molecule has 0 saturated carbocycles. The molecule has 1 amide bonds. The lowest BCUT2D eigenvalue weighted by molar-refractivity contribution is 0.0948. The van der Waals surface area contributed by atoms with Crippen LogP contribution in [0, 0.1) is 0 Å². The molecule has 0 aliphatic carbocycles. The van der Waals surface area contributed by atoms with E-state index in [0.29, 0.717) is 17.9 Å². The van der Waals surface area contributed by atoms with Crippen molar-refractivity contribution in [2.75, 3.05) is 12.0 Å². The maximum atomic E-state index is 11.8. The van der Waals surface area contributed by atoms with Crippen molar-refractivity contribution < 1.29 is 4.79 Å². The van der Waals surface area contributed by atoms with Crippen LogP contribution in [-0.4, -0.2) is 17.4 Å². The number of unbranched alkanes of at least 4 members (excludes halogenated alkanes) is 5. The minimum atomic E-state index is -0.128. The molecule has 0 fully saturated rings. The summed E-state index contributed by atoms with van der Waals surface area (Å²) in [6, 6.07) is 3.39. The van der Waals surface area contributed by atoms with E-state index < -0.39 is 0 Å². The number of carbonyl (C=O) groups excluding carboxylic acids is 1. The second-order valence-electron chi connectivity index (χ2n) is 4.60. The van der Waals surface area contributed by atoms with Gasteiger partial charge in [-0.25, -0.2) is 4.98 Å². The number of hydrogen-bond donors (Lipinski definition) is 3. The normalized spacial score (nSPS) is 10.2. The monoisotopic (exact) mass is 264 g/mol. The second kappa shape index (κ2) is 9.33. The number of amides is 1. The molecule has 1 heterocycles. The summed E-state index contributed by atoms with van der Waals surface area (Å²) in [4.78, 5) is 15.8. The van der Waals surface area contributed by atoms with Crippen molar-refractivity contribution in [1.82, 2.24) is 10.3 Å². The largest absolute Gasteiger partial charge is 0.351 e. The minimum Gasteiger partial charge on any atom is -0.351 e. The molecule has 1 rings (SSSR count). The standard InChI is InChI=1S/C14H24N4O/c1-2-3-4-5-6-7-10-16-14(19)13-9-8-12(18-15)11-17-13/h8-9,11,18H,2-7,10,15H2,1H3,(H,16,19). The lowest BCUT2D eigenvalue weighted by atomic mass is 10.1. The number of anilines is 1. The summed E-state index contributed by atoms with van der Waals surface area (Å²) in [7, 11) is 0. The Morgan fingerprint density at radius 1 is 1.21 bits per heavy atom. The van der Waals surface area contributed by atoms with Gasteiger partial charge in [-0.1, -0.05) is 39.0 Å². The second-order valence-corrected chi connectivity index (χ2v) is 4.60. The molecule has 0 aliphatic heterocycles. The first kappa shape index (κ1) is 15.4. The molecule has 1 aromatic rings. The van der Waals surface area contributed by atoms with Crippen molar-refractivity contribution in [3.63, 3.8) is 0 Å². The zero-order valence-electron chi connectivity index (χ0n) is 11.6. The summed E-state index contributed by atoms with van der Waals surface area (Å²) in [6.45, 7) is 2.92. The zero-order chi connectivity index (χ0) is 13.9. The van der Waals surface area contributed by atoms with Crippen molar-refractivity contribution in [3.8, 4) is 0 Å². The highest BCUT2D eigenvalue weighted by atomic mass is 16.1. The number of carbonyl (C=O) groups is 1. The molecule has 0 spiro atoms. The number of nitrogens with two attached hydrogens (primary N) is 1. The third-order valence-electron chi connectivity index (χ3n) is 2.98. The highest BCUT2D eigenvalue weighted by Gasteiger charge is 2.05. The van der Waals surface area contributed by atoms with Gasteiger partial charge in [0.2, 0.25) is 0 Å². The molecule has 0 unspecified atom stereocenters. The van der Waals surface area contributed by atoms with E-state index in [1.54, 1.807) is 18.3 Å². The zero-order valence-corrected chi connectivity index (χ0v) is 11.6. The van der Waals surface area contributed by atoms with Crippen LogP contribution in [0.2, 0.25) is 0 Å². The molecule has 5 heteroatoms. The number of pyridine rings is 1. The van der Waals surface area contributed by atoms with Crippen LogP contribution < -0.4 is 16.6 Å². The Hall–Kier alpha value is -1.62. The van der Waals surface area contributed by atoms with Gasteiger partial charge in [-0.3, -0.25) is 10.6 Å². The fourth-order valence-electron chi connectivity index (χ4n) is 1.81. The van der Waals surface area contributed by atoms with E-state index in [9.17, 15) is 4.79 Å². The number of rotatable bonds is 9. The van der Waals surface area contributed by atoms with E-state index in [0.717, 1.165) is 6.42 Å². The Morgan fingerprint density at radius 2 is 1.95 bits per heavy atom. The van der Waals surface area contributed by atoms with Gasteiger partial charge < -0.3 is 10.7 Å². The number of nitrogens with one attached hydrogen (secondary N) is 2. The van der Waals surface area contributed by atoms with Crippen LogP contribution in [0.4, 0.5) is 5.69 Å². The maximum absolute atomic E-state index is 11.8. The van der Waals surface area contributed by atoms with Gasteiger partial charge in [0.15, 0.2) is 0 Å². The number of hydrazine groups is 1. The fraction of sp³-hybridized carbons (Fsp3) is 0.571. The predicted octanol–water partition coefficient (Wildman–Crippen LogP) is 2.46. The van der Waals surface area contributed by atoms with Gasteiger partial charge in [-0.2, -0.15) is 0 Å². The van der Waals surface area contributed by atoms with E-state index in [1.165, 1.54) is 32.1 Å². The van der Waals surface area contributed by atoms with Gasteiger partial charge in [-0.15, -0.1) is 0 Å². The summed E-state index contributed by atoms with van der Waals surface area (Å²) in [5, 5.41) is 2.87. The number of aromatic nitrogens is 1. The predicted molar refractivity (Wildman–Crippen MR) is 77.8 cm³/mol. The molecule has 0 atom stereocenters. The van der Waals surface area contributed by atoms with Crippen molar-refractivity contribution in [1.29, 1.82) is 0 Å². The summed E-state index contributed by atoms with van der Waals surface area (Å²) in [6.07, 6.45) is 8.84. The summed E-state index contributed by atoms with van der Waals surface area (Å²) in [5.74, 6) is 5.11. The highest BCUT2D eigenvalue weighted by Crippen LogP contribution is 2.05. The third-order valence-corrected chi connectivity index (χ3v) is 2.98. The van der Waals surface area contributed by atoms with Crippen molar-refractivity contribution in [2.24, 2.45) is 5.84 Å². The SMILES string of the molecule is CCCCCCCCNC(=O)c1ccc(NN)cn1. The molecule has 0 aliphatic rings. The molecule has 0 saturated heterocycles. The molecule has 4 N–H and O–H groups in total. The third kappa shape index (κ3) is 6.20. The molecule has 106 valence electrons. The van der Waals surface area contributed by atoms with Gasteiger partial charge in [0.25, 0.3) is 5.91 Å². The van der Waals surface area contributed by atoms with Gasteiger partial charge in [0, 0.05) is 6.54 Å². The maximum Gasteiger partial charge on any atom is 0.269 e. The van der Waals surface area contributed by atoms with E-state index in [2.05, 4.69) is 22.7 Å². The molecule has 5 nitrogen and oxygen atoms in total. The van der Waals surface area contributed by atoms with Crippen molar-refractivity contribution in [2.45, 2.75) is 45.4 Å². The molecule has 0 bridgehead atoms. The van der Waals surface area contributed by atoms with Crippen molar-refractivity contribution in [3.05, 3.63) is 24.0 Å². The molecule has 0 aromatic carbocycles. The van der Waals surface area contributed by atoms with Gasteiger partial charge in [0.05, 0.1) is 11.9 Å². The van der Waals surface area contributed by atoms with Crippen molar-refractivity contribution >= 4 is 11.6 Å². The van der Waals surface area contributed by atoms with Gasteiger partial charge in [0.1, 0.15) is 5.69 Å². The van der Waals surface area contributed by atoms with E-state index in [4.69, 9.17) is 5.84 Å². The van der Waals surface area contributed by atoms with E-state index >= 15 is 0 Å². The Bertz CT molecular complexity index is 364. The van der Waals surface area contributed by atoms with Crippen LogP contribution in [0.1, 0.15) is 55.9 Å². The smallest absolute Gasteiger partial charge is 0.269 e. The molecule has 0 radical (unpaired) electrons. The van der Waals surface area contributed by atoms with Gasteiger partial charge >= 0.3 is 0 Å². The van der Waals surface area contributed by atoms with E-state index in [1.807, 2.05) is 0 Å². The first-order valence-corrected chi connectivity index (χ1v) is 6.98. The van der Waals surface area contributed by atoms with Crippen LogP contribution in [0.25, 0.3) is 0 Å². The van der Waals surface area contributed by atoms with Gasteiger partial charge in [-0.05, 0) is 18.6 Å². The molecule has 1 aromatic heterocycles. The number of nitrogen functional groups attached to an aromatic ring is 1. The molecular formula is C14H24N4O. The number of nitrogens with zero attached hydrogens (tertiary/aromatic N) is 1. The Morgan fingerprint density at radius 3 is 2.58 bits per heavy atom. The van der Waals surface area contributed by atoms with Crippen LogP contribution in [0.15, 0.2) is 18.3 Å².